The molecule has 0 atom stereocenters. The van der Waals surface area contributed by atoms with Gasteiger partial charge in [0.1, 0.15) is 5.82 Å². The van der Waals surface area contributed by atoms with Crippen molar-refractivity contribution in [3.63, 3.8) is 0 Å². The van der Waals surface area contributed by atoms with Crippen LogP contribution >= 0.6 is 0 Å². The van der Waals surface area contributed by atoms with Crippen LogP contribution in [0.4, 0.5) is 5.95 Å². The van der Waals surface area contributed by atoms with E-state index in [0.717, 1.165) is 47.8 Å². The van der Waals surface area contributed by atoms with Crippen LogP contribution in [0.25, 0.3) is 16.6 Å². The predicted molar refractivity (Wildman–Crippen MR) is 104 cm³/mol. The summed E-state index contributed by atoms with van der Waals surface area (Å²) in [5.74, 6) is 1.92. The summed E-state index contributed by atoms with van der Waals surface area (Å²) in [7, 11) is 0. The van der Waals surface area contributed by atoms with Gasteiger partial charge in [-0.05, 0) is 37.5 Å². The van der Waals surface area contributed by atoms with Crippen LogP contribution in [0.1, 0.15) is 29.8 Å². The smallest absolute Gasteiger partial charge is 0.213 e. The number of anilines is 1. The molecule has 130 valence electrons. The quantitative estimate of drug-likeness (QED) is 0.568. The van der Waals surface area contributed by atoms with Crippen molar-refractivity contribution in [3.8, 4) is 0 Å². The number of fused-ring (bicyclic) bond motifs is 3. The third kappa shape index (κ3) is 2.51. The van der Waals surface area contributed by atoms with Crippen molar-refractivity contribution in [2.45, 2.75) is 26.2 Å². The molecule has 1 fully saturated rings. The first-order chi connectivity index (χ1) is 12.8. The first-order valence-corrected chi connectivity index (χ1v) is 9.23. The number of nitrogens with zero attached hydrogens (tertiary/aromatic N) is 5. The Kier molecular flexibility index (Phi) is 3.59. The summed E-state index contributed by atoms with van der Waals surface area (Å²) in [4.78, 5) is 7.38. The van der Waals surface area contributed by atoms with E-state index in [0.29, 0.717) is 0 Å². The fourth-order valence-electron chi connectivity index (χ4n) is 3.81. The molecule has 2 aromatic heterocycles. The van der Waals surface area contributed by atoms with Crippen LogP contribution in [0.15, 0.2) is 48.5 Å². The summed E-state index contributed by atoms with van der Waals surface area (Å²) in [6, 6.07) is 16.8. The zero-order valence-corrected chi connectivity index (χ0v) is 14.9. The third-order valence-corrected chi connectivity index (χ3v) is 5.14. The maximum absolute atomic E-state index is 5.01. The molecule has 1 aliphatic heterocycles. The van der Waals surface area contributed by atoms with Crippen LogP contribution in [0, 0.1) is 6.92 Å². The summed E-state index contributed by atoms with van der Waals surface area (Å²) in [6.07, 6.45) is 3.18. The van der Waals surface area contributed by atoms with Gasteiger partial charge >= 0.3 is 0 Å². The standard InChI is InChI=1S/C21H21N5/c1-15-9-10-18-17(13-15)20-24-23-19(14-16-7-3-2-4-8-16)26(20)21(22-18)25-11-5-6-12-25/h2-4,7-10,13H,5-6,11-12,14H2,1H3. The largest absolute Gasteiger partial charge is 0.342 e. The van der Waals surface area contributed by atoms with Gasteiger partial charge in [0.25, 0.3) is 0 Å². The third-order valence-electron chi connectivity index (χ3n) is 5.14. The maximum atomic E-state index is 5.01. The van der Waals surface area contributed by atoms with Gasteiger partial charge in [0.15, 0.2) is 5.65 Å². The lowest BCUT2D eigenvalue weighted by atomic mass is 10.1. The molecule has 5 nitrogen and oxygen atoms in total. The van der Waals surface area contributed by atoms with Crippen molar-refractivity contribution in [3.05, 3.63) is 65.5 Å². The van der Waals surface area contributed by atoms with Gasteiger partial charge in [-0.1, -0.05) is 42.0 Å². The molecule has 0 bridgehead atoms. The minimum absolute atomic E-state index is 0.752. The first-order valence-electron chi connectivity index (χ1n) is 9.23. The SMILES string of the molecule is Cc1ccc2nc(N3CCCC3)n3c(Cc4ccccc4)nnc3c2c1. The lowest BCUT2D eigenvalue weighted by Gasteiger charge is -2.19. The molecule has 0 amide bonds. The van der Waals surface area contributed by atoms with Crippen molar-refractivity contribution in [1.82, 2.24) is 19.6 Å². The van der Waals surface area contributed by atoms with Gasteiger partial charge < -0.3 is 4.90 Å². The Morgan fingerprint density at radius 1 is 0.962 bits per heavy atom. The average molecular weight is 343 g/mol. The summed E-state index contributed by atoms with van der Waals surface area (Å²) in [5.41, 5.74) is 4.34. The van der Waals surface area contributed by atoms with Crippen molar-refractivity contribution in [2.75, 3.05) is 18.0 Å². The van der Waals surface area contributed by atoms with Gasteiger partial charge in [-0.2, -0.15) is 0 Å². The highest BCUT2D eigenvalue weighted by atomic mass is 15.4. The van der Waals surface area contributed by atoms with Gasteiger partial charge in [0, 0.05) is 24.9 Å². The molecule has 0 radical (unpaired) electrons. The molecule has 0 saturated carbocycles. The van der Waals surface area contributed by atoms with E-state index in [9.17, 15) is 0 Å². The van der Waals surface area contributed by atoms with Crippen LogP contribution in [-0.4, -0.2) is 32.7 Å². The van der Waals surface area contributed by atoms with Crippen LogP contribution in [0.5, 0.6) is 0 Å². The van der Waals surface area contributed by atoms with Crippen LogP contribution in [-0.2, 0) is 6.42 Å². The first kappa shape index (κ1) is 15.3. The maximum Gasteiger partial charge on any atom is 0.213 e. The van der Waals surface area contributed by atoms with E-state index in [1.165, 1.54) is 24.0 Å². The zero-order chi connectivity index (χ0) is 17.5. The highest BCUT2D eigenvalue weighted by Crippen LogP contribution is 2.27. The molecular formula is C21H21N5. The van der Waals surface area contributed by atoms with E-state index in [1.807, 2.05) is 6.07 Å². The fraction of sp³-hybridized carbons (Fsp3) is 0.286. The molecule has 0 spiro atoms. The van der Waals surface area contributed by atoms with E-state index in [-0.39, 0.29) is 0 Å². The van der Waals surface area contributed by atoms with Crippen LogP contribution < -0.4 is 4.90 Å². The number of hydrogen-bond donors (Lipinski definition) is 0. The van der Waals surface area contributed by atoms with E-state index in [2.05, 4.69) is 68.9 Å². The molecule has 0 aliphatic carbocycles. The predicted octanol–water partition coefficient (Wildman–Crippen LogP) is 3.78. The average Bonchev–Trinajstić information content (AvgIpc) is 3.33. The molecule has 5 rings (SSSR count). The molecular weight excluding hydrogens is 322 g/mol. The Labute approximate surface area is 152 Å². The Bertz CT molecular complexity index is 1080. The second-order valence-electron chi connectivity index (χ2n) is 7.06. The van der Waals surface area contributed by atoms with E-state index < -0.39 is 0 Å². The summed E-state index contributed by atoms with van der Waals surface area (Å²) >= 11 is 0. The van der Waals surface area contributed by atoms with Crippen LogP contribution in [0.2, 0.25) is 0 Å². The van der Waals surface area contributed by atoms with Gasteiger partial charge in [0.05, 0.1) is 5.52 Å². The van der Waals surface area contributed by atoms with Crippen molar-refractivity contribution >= 4 is 22.5 Å². The Morgan fingerprint density at radius 2 is 1.77 bits per heavy atom. The monoisotopic (exact) mass is 343 g/mol. The molecule has 2 aromatic carbocycles. The normalized spacial score (nSPS) is 14.6. The summed E-state index contributed by atoms with van der Waals surface area (Å²) in [6.45, 7) is 4.19. The molecule has 26 heavy (non-hydrogen) atoms. The second-order valence-corrected chi connectivity index (χ2v) is 7.06. The van der Waals surface area contributed by atoms with Gasteiger partial charge in [0.2, 0.25) is 5.95 Å². The Morgan fingerprint density at radius 3 is 2.58 bits per heavy atom. The Hall–Kier alpha value is -2.95. The van der Waals surface area contributed by atoms with Gasteiger partial charge in [-0.25, -0.2) is 9.38 Å². The molecule has 4 aromatic rings. The minimum atomic E-state index is 0.752. The van der Waals surface area contributed by atoms with Crippen LogP contribution in [0.3, 0.4) is 0 Å². The van der Waals surface area contributed by atoms with Crippen molar-refractivity contribution < 1.29 is 0 Å². The lowest BCUT2D eigenvalue weighted by molar-refractivity contribution is 0.850. The number of hydrogen-bond acceptors (Lipinski definition) is 4. The van der Waals surface area contributed by atoms with E-state index >= 15 is 0 Å². The van der Waals surface area contributed by atoms with Crippen molar-refractivity contribution in [1.29, 1.82) is 0 Å². The van der Waals surface area contributed by atoms with Gasteiger partial charge in [-0.15, -0.1) is 10.2 Å². The molecule has 1 aliphatic rings. The van der Waals surface area contributed by atoms with Crippen molar-refractivity contribution in [2.24, 2.45) is 0 Å². The lowest BCUT2D eigenvalue weighted by Crippen LogP contribution is -2.23. The number of rotatable bonds is 3. The fourth-order valence-corrected chi connectivity index (χ4v) is 3.81. The highest BCUT2D eigenvalue weighted by Gasteiger charge is 2.21. The Balaban J connectivity index is 1.75. The summed E-state index contributed by atoms with van der Waals surface area (Å²) in [5, 5.41) is 10.2. The second kappa shape index (κ2) is 6.09. The topological polar surface area (TPSA) is 46.3 Å². The molecule has 3 heterocycles. The van der Waals surface area contributed by atoms with E-state index in [1.54, 1.807) is 0 Å². The number of aryl methyl sites for hydroxylation is 1. The summed E-state index contributed by atoms with van der Waals surface area (Å²) < 4.78 is 2.17. The molecule has 1 saturated heterocycles. The molecule has 5 heteroatoms. The molecule has 0 unspecified atom stereocenters. The molecule has 0 N–H and O–H groups in total. The highest BCUT2D eigenvalue weighted by molar-refractivity contribution is 5.93. The van der Waals surface area contributed by atoms with Gasteiger partial charge in [-0.3, -0.25) is 0 Å². The minimum Gasteiger partial charge on any atom is -0.342 e. The zero-order valence-electron chi connectivity index (χ0n) is 14.9. The number of aromatic nitrogens is 4. The number of benzene rings is 2. The van der Waals surface area contributed by atoms with E-state index in [4.69, 9.17) is 4.98 Å².